The second-order valence-electron chi connectivity index (χ2n) is 4.50. The Hall–Kier alpha value is -2.00. The molecule has 1 N–H and O–H groups in total. The van der Waals surface area contributed by atoms with Crippen molar-refractivity contribution in [1.29, 1.82) is 0 Å². The molecule has 5 nitrogen and oxygen atoms in total. The van der Waals surface area contributed by atoms with E-state index in [-0.39, 0.29) is 5.91 Å². The van der Waals surface area contributed by atoms with Gasteiger partial charge in [-0.15, -0.1) is 0 Å². The summed E-state index contributed by atoms with van der Waals surface area (Å²) in [6.45, 7) is 3.19. The topological polar surface area (TPSA) is 77.9 Å². The minimum absolute atomic E-state index is 0.0743. The van der Waals surface area contributed by atoms with Crippen LogP contribution in [0.4, 0.5) is 0 Å². The first-order valence-corrected chi connectivity index (χ1v) is 6.55. The normalized spacial score (nSPS) is 9.74. The average Bonchev–Trinajstić information content (AvgIpc) is 2.40. The summed E-state index contributed by atoms with van der Waals surface area (Å²) in [6.07, 6.45) is 2.93. The molecule has 102 valence electrons. The lowest BCUT2D eigenvalue weighted by atomic mass is 10.1. The van der Waals surface area contributed by atoms with Crippen molar-refractivity contribution in [3.63, 3.8) is 0 Å². The van der Waals surface area contributed by atoms with E-state index in [2.05, 4.69) is 21.4 Å². The minimum atomic E-state index is 0.0743. The Bertz CT molecular complexity index is 453. The number of nitrogens with one attached hydrogen (secondary N) is 1. The number of azide groups is 1. The van der Waals surface area contributed by atoms with Gasteiger partial charge in [0.2, 0.25) is 5.91 Å². The van der Waals surface area contributed by atoms with Crippen LogP contribution in [0.2, 0.25) is 0 Å². The number of amides is 1. The summed E-state index contributed by atoms with van der Waals surface area (Å²) >= 11 is 0. The molecule has 0 aliphatic rings. The quantitative estimate of drug-likeness (QED) is 0.331. The van der Waals surface area contributed by atoms with Gasteiger partial charge in [0.15, 0.2) is 0 Å². The van der Waals surface area contributed by atoms with Crippen LogP contribution < -0.4 is 5.32 Å². The summed E-state index contributed by atoms with van der Waals surface area (Å²) in [5.41, 5.74) is 10.5. The van der Waals surface area contributed by atoms with Gasteiger partial charge in [-0.2, -0.15) is 0 Å². The highest BCUT2D eigenvalue weighted by Gasteiger charge is 2.01. The van der Waals surface area contributed by atoms with Crippen molar-refractivity contribution in [3.8, 4) is 0 Å². The number of rotatable bonds is 8. The van der Waals surface area contributed by atoms with E-state index in [0.29, 0.717) is 19.5 Å². The van der Waals surface area contributed by atoms with Crippen molar-refractivity contribution in [3.05, 3.63) is 45.8 Å². The maximum atomic E-state index is 11.6. The Kier molecular flexibility index (Phi) is 7.13. The van der Waals surface area contributed by atoms with Crippen LogP contribution in [0.5, 0.6) is 0 Å². The van der Waals surface area contributed by atoms with E-state index in [1.54, 1.807) is 0 Å². The van der Waals surface area contributed by atoms with E-state index < -0.39 is 0 Å². The summed E-state index contributed by atoms with van der Waals surface area (Å²) in [7, 11) is 0. The monoisotopic (exact) mass is 260 g/mol. The molecule has 0 aromatic heterocycles. The van der Waals surface area contributed by atoms with Gasteiger partial charge < -0.3 is 5.32 Å². The first-order valence-electron chi connectivity index (χ1n) is 6.55. The molecule has 0 aliphatic carbocycles. The third kappa shape index (κ3) is 7.11. The molecule has 0 aliphatic heterocycles. The van der Waals surface area contributed by atoms with Crippen molar-refractivity contribution < 1.29 is 4.79 Å². The second kappa shape index (κ2) is 9.00. The van der Waals surface area contributed by atoms with E-state index >= 15 is 0 Å². The summed E-state index contributed by atoms with van der Waals surface area (Å²) in [4.78, 5) is 14.3. The van der Waals surface area contributed by atoms with Gasteiger partial charge in [0.1, 0.15) is 0 Å². The molecule has 0 fully saturated rings. The van der Waals surface area contributed by atoms with E-state index in [1.807, 2.05) is 25.1 Å². The number of hydrogen-bond acceptors (Lipinski definition) is 2. The number of benzene rings is 1. The standard InChI is InChI=1S/C14H20N4O/c1-12-5-4-6-13(11-12)7-8-14(19)16-9-2-3-10-17-18-15/h4-6,11H,2-3,7-10H2,1H3,(H,16,19). The fourth-order valence-electron chi connectivity index (χ4n) is 1.79. The summed E-state index contributed by atoms with van der Waals surface area (Å²) in [5, 5.41) is 6.31. The highest BCUT2D eigenvalue weighted by Crippen LogP contribution is 2.06. The zero-order valence-corrected chi connectivity index (χ0v) is 11.3. The number of hydrogen-bond donors (Lipinski definition) is 1. The van der Waals surface area contributed by atoms with Gasteiger partial charge in [0.05, 0.1) is 0 Å². The molecule has 0 heterocycles. The van der Waals surface area contributed by atoms with Crippen molar-refractivity contribution in [2.75, 3.05) is 13.1 Å². The average molecular weight is 260 g/mol. The highest BCUT2D eigenvalue weighted by molar-refractivity contribution is 5.76. The maximum absolute atomic E-state index is 11.6. The predicted octanol–water partition coefficient (Wildman–Crippen LogP) is 3.13. The molecule has 0 radical (unpaired) electrons. The van der Waals surface area contributed by atoms with Crippen LogP contribution in [0.3, 0.4) is 0 Å². The lowest BCUT2D eigenvalue weighted by molar-refractivity contribution is -0.121. The molecule has 1 aromatic rings. The molecule has 0 spiro atoms. The molecular weight excluding hydrogens is 240 g/mol. The fraction of sp³-hybridized carbons (Fsp3) is 0.500. The zero-order chi connectivity index (χ0) is 13.9. The highest BCUT2D eigenvalue weighted by atomic mass is 16.1. The molecular formula is C14H20N4O. The Morgan fingerprint density at radius 2 is 2.26 bits per heavy atom. The van der Waals surface area contributed by atoms with E-state index in [4.69, 9.17) is 5.53 Å². The third-order valence-electron chi connectivity index (χ3n) is 2.79. The van der Waals surface area contributed by atoms with E-state index in [1.165, 1.54) is 11.1 Å². The smallest absolute Gasteiger partial charge is 0.220 e. The van der Waals surface area contributed by atoms with E-state index in [9.17, 15) is 4.79 Å². The van der Waals surface area contributed by atoms with Crippen molar-refractivity contribution in [2.45, 2.75) is 32.6 Å². The predicted molar refractivity (Wildman–Crippen MR) is 75.8 cm³/mol. The molecule has 0 unspecified atom stereocenters. The molecule has 0 saturated carbocycles. The minimum Gasteiger partial charge on any atom is -0.356 e. The first-order chi connectivity index (χ1) is 9.22. The third-order valence-corrected chi connectivity index (χ3v) is 2.79. The first kappa shape index (κ1) is 15.1. The molecule has 0 atom stereocenters. The number of unbranched alkanes of at least 4 members (excludes halogenated alkanes) is 1. The Morgan fingerprint density at radius 3 is 3.00 bits per heavy atom. The van der Waals surface area contributed by atoms with Gasteiger partial charge in [-0.3, -0.25) is 4.79 Å². The van der Waals surface area contributed by atoms with Gasteiger partial charge >= 0.3 is 0 Å². The zero-order valence-electron chi connectivity index (χ0n) is 11.3. The molecule has 1 amide bonds. The lowest BCUT2D eigenvalue weighted by Gasteiger charge is -2.05. The number of nitrogens with zero attached hydrogens (tertiary/aromatic N) is 3. The molecule has 1 aromatic carbocycles. The molecule has 0 bridgehead atoms. The summed E-state index contributed by atoms with van der Waals surface area (Å²) < 4.78 is 0. The lowest BCUT2D eigenvalue weighted by Crippen LogP contribution is -2.24. The Morgan fingerprint density at radius 1 is 1.42 bits per heavy atom. The molecule has 1 rings (SSSR count). The SMILES string of the molecule is Cc1cccc(CCC(=O)NCCCCN=[N+]=[N-])c1. The van der Waals surface area contributed by atoms with Gasteiger partial charge in [-0.05, 0) is 37.3 Å². The Balaban J connectivity index is 2.12. The van der Waals surface area contributed by atoms with Gasteiger partial charge in [-0.1, -0.05) is 34.9 Å². The maximum Gasteiger partial charge on any atom is 0.220 e. The number of aryl methyl sites for hydroxylation is 2. The van der Waals surface area contributed by atoms with Crippen LogP contribution in [-0.2, 0) is 11.2 Å². The van der Waals surface area contributed by atoms with E-state index in [0.717, 1.165) is 19.3 Å². The van der Waals surface area contributed by atoms with Crippen LogP contribution in [-0.4, -0.2) is 19.0 Å². The fourth-order valence-corrected chi connectivity index (χ4v) is 1.79. The van der Waals surface area contributed by atoms with Crippen LogP contribution in [0.1, 0.15) is 30.4 Å². The summed E-state index contributed by atoms with van der Waals surface area (Å²) in [6, 6.07) is 8.21. The van der Waals surface area contributed by atoms with Gasteiger partial charge in [-0.25, -0.2) is 0 Å². The second-order valence-corrected chi connectivity index (χ2v) is 4.50. The number of carbonyl (C=O) groups excluding carboxylic acids is 1. The Labute approximate surface area is 113 Å². The molecule has 0 saturated heterocycles. The van der Waals surface area contributed by atoms with Crippen LogP contribution >= 0.6 is 0 Å². The molecule has 5 heteroatoms. The largest absolute Gasteiger partial charge is 0.356 e. The van der Waals surface area contributed by atoms with Crippen LogP contribution in [0.15, 0.2) is 29.4 Å². The van der Waals surface area contributed by atoms with Crippen molar-refractivity contribution >= 4 is 5.91 Å². The van der Waals surface area contributed by atoms with Crippen LogP contribution in [0, 0.1) is 6.92 Å². The van der Waals surface area contributed by atoms with Crippen molar-refractivity contribution in [2.24, 2.45) is 5.11 Å². The van der Waals surface area contributed by atoms with Gasteiger partial charge in [0.25, 0.3) is 0 Å². The summed E-state index contributed by atoms with van der Waals surface area (Å²) in [5.74, 6) is 0.0743. The van der Waals surface area contributed by atoms with Crippen molar-refractivity contribution in [1.82, 2.24) is 5.32 Å². The molecule has 19 heavy (non-hydrogen) atoms. The van der Waals surface area contributed by atoms with Gasteiger partial charge in [0, 0.05) is 24.4 Å². The van der Waals surface area contributed by atoms with Crippen LogP contribution in [0.25, 0.3) is 10.4 Å². The number of carbonyl (C=O) groups is 1.